The molecule has 0 spiro atoms. The molecule has 22 heavy (non-hydrogen) atoms. The second kappa shape index (κ2) is 6.18. The van der Waals surface area contributed by atoms with Crippen molar-refractivity contribution in [3.05, 3.63) is 48.6 Å². The Bertz CT molecular complexity index is 712. The zero-order valence-corrected chi connectivity index (χ0v) is 14.5. The smallest absolute Gasteiger partial charge is 0.114 e. The van der Waals surface area contributed by atoms with Crippen LogP contribution in [0, 0.1) is 0 Å². The van der Waals surface area contributed by atoms with Crippen LogP contribution in [0.15, 0.2) is 47.9 Å². The first-order chi connectivity index (χ1) is 10.5. The van der Waals surface area contributed by atoms with Crippen LogP contribution in [0.3, 0.4) is 0 Å². The van der Waals surface area contributed by atoms with Gasteiger partial charge in [0.1, 0.15) is 12.0 Å². The Morgan fingerprint density at radius 2 is 2.14 bits per heavy atom. The van der Waals surface area contributed by atoms with E-state index < -0.39 is 8.07 Å². The number of hydrogen-bond acceptors (Lipinski definition) is 3. The van der Waals surface area contributed by atoms with Crippen LogP contribution in [0.25, 0.3) is 5.52 Å². The van der Waals surface area contributed by atoms with Gasteiger partial charge in [0.15, 0.2) is 0 Å². The van der Waals surface area contributed by atoms with Crippen LogP contribution in [0.1, 0.15) is 5.69 Å². The van der Waals surface area contributed by atoms with E-state index in [0.29, 0.717) is 6.61 Å². The van der Waals surface area contributed by atoms with E-state index in [2.05, 4.69) is 42.8 Å². The lowest BCUT2D eigenvalue weighted by atomic mass is 10.2. The normalized spacial score (nSPS) is 18.1. The first-order valence-electron chi connectivity index (χ1n) is 7.79. The summed E-state index contributed by atoms with van der Waals surface area (Å²) in [7, 11) is -1.01. The number of imidazole rings is 1. The maximum atomic E-state index is 5.80. The van der Waals surface area contributed by atoms with Crippen molar-refractivity contribution in [1.82, 2.24) is 9.38 Å². The molecule has 2 aromatic rings. The van der Waals surface area contributed by atoms with Crippen LogP contribution >= 0.6 is 0 Å². The number of pyridine rings is 1. The fraction of sp³-hybridized carbons (Fsp3) is 0.412. The van der Waals surface area contributed by atoms with E-state index in [9.17, 15) is 0 Å². The molecule has 1 aliphatic heterocycles. The number of rotatable bonds is 6. The summed E-state index contributed by atoms with van der Waals surface area (Å²) in [5.41, 5.74) is 2.99. The molecule has 3 heterocycles. The van der Waals surface area contributed by atoms with Crippen molar-refractivity contribution in [3.63, 3.8) is 0 Å². The second-order valence-electron chi connectivity index (χ2n) is 6.91. The second-order valence-corrected chi connectivity index (χ2v) is 12.5. The molecule has 4 nitrogen and oxygen atoms in total. The fourth-order valence-corrected chi connectivity index (χ4v) is 3.18. The number of nitrogens with zero attached hydrogens (tertiary/aromatic N) is 3. The third-order valence-electron chi connectivity index (χ3n) is 3.75. The molecule has 0 aromatic carbocycles. The van der Waals surface area contributed by atoms with Gasteiger partial charge in [-0.15, -0.1) is 0 Å². The maximum absolute atomic E-state index is 5.80. The molecule has 2 aromatic heterocycles. The minimum atomic E-state index is -1.01. The zero-order valence-electron chi connectivity index (χ0n) is 13.5. The van der Waals surface area contributed by atoms with E-state index in [4.69, 9.17) is 9.73 Å². The van der Waals surface area contributed by atoms with E-state index in [1.54, 1.807) is 0 Å². The van der Waals surface area contributed by atoms with Crippen LogP contribution in [-0.4, -0.2) is 42.4 Å². The average molecular weight is 313 g/mol. The third kappa shape index (κ3) is 3.54. The van der Waals surface area contributed by atoms with Crippen molar-refractivity contribution in [3.8, 4) is 0 Å². The molecular weight excluding hydrogens is 290 g/mol. The molecule has 3 rings (SSSR count). The van der Waals surface area contributed by atoms with Crippen LogP contribution in [-0.2, 0) is 4.74 Å². The van der Waals surface area contributed by atoms with E-state index in [1.807, 2.05) is 29.1 Å². The van der Waals surface area contributed by atoms with E-state index in [-0.39, 0.29) is 6.04 Å². The predicted molar refractivity (Wildman–Crippen MR) is 93.6 cm³/mol. The molecule has 5 heteroatoms. The standard InChI is InChI=1S/C17H23N3OSi/c1-22(2,3)11-10-21-12-14-7-8-15(19-14)17-16-6-4-5-9-20(16)13-18-17/h4-9,13-14H,10-12H2,1-3H3. The molecule has 1 unspecified atom stereocenters. The SMILES string of the molecule is C[Si](C)(C)CCOCC1C=CC(c2ncn3ccccc23)=N1. The minimum absolute atomic E-state index is 0.122. The highest BCUT2D eigenvalue weighted by molar-refractivity contribution is 6.76. The number of aliphatic imine (C=N–C) groups is 1. The number of hydrogen-bond donors (Lipinski definition) is 0. The van der Waals surface area contributed by atoms with E-state index in [0.717, 1.165) is 23.5 Å². The predicted octanol–water partition coefficient (Wildman–Crippen LogP) is 3.42. The van der Waals surface area contributed by atoms with Gasteiger partial charge in [-0.05, 0) is 24.3 Å². The highest BCUT2D eigenvalue weighted by Crippen LogP contribution is 2.16. The molecule has 0 bridgehead atoms. The third-order valence-corrected chi connectivity index (χ3v) is 5.46. The van der Waals surface area contributed by atoms with Crippen molar-refractivity contribution >= 4 is 19.3 Å². The monoisotopic (exact) mass is 313 g/mol. The topological polar surface area (TPSA) is 38.9 Å². The summed E-state index contributed by atoms with van der Waals surface area (Å²) in [5.74, 6) is 0. The van der Waals surface area contributed by atoms with Gasteiger partial charge in [-0.2, -0.15) is 0 Å². The number of ether oxygens (including phenoxy) is 1. The first kappa shape index (κ1) is 15.2. The quantitative estimate of drug-likeness (QED) is 0.605. The Morgan fingerprint density at radius 3 is 2.95 bits per heavy atom. The fourth-order valence-electron chi connectivity index (χ4n) is 2.42. The summed E-state index contributed by atoms with van der Waals surface area (Å²) in [4.78, 5) is 9.22. The van der Waals surface area contributed by atoms with Crippen LogP contribution < -0.4 is 0 Å². The van der Waals surface area contributed by atoms with Crippen LogP contribution in [0.2, 0.25) is 25.7 Å². The zero-order chi connectivity index (χ0) is 15.6. The molecule has 0 fully saturated rings. The van der Waals surface area contributed by atoms with Crippen molar-refractivity contribution < 1.29 is 4.74 Å². The minimum Gasteiger partial charge on any atom is -0.379 e. The van der Waals surface area contributed by atoms with Crippen molar-refractivity contribution in [2.24, 2.45) is 4.99 Å². The van der Waals surface area contributed by atoms with Crippen molar-refractivity contribution in [2.75, 3.05) is 13.2 Å². The summed E-state index contributed by atoms with van der Waals surface area (Å²) in [6.45, 7) is 8.61. The Balaban J connectivity index is 1.62. The lowest BCUT2D eigenvalue weighted by Crippen LogP contribution is -2.22. The summed E-state index contributed by atoms with van der Waals surface area (Å²) in [6.07, 6.45) is 8.00. The average Bonchev–Trinajstić information content (AvgIpc) is 3.09. The molecule has 0 N–H and O–H groups in total. The maximum Gasteiger partial charge on any atom is 0.114 e. The van der Waals surface area contributed by atoms with Gasteiger partial charge < -0.3 is 9.14 Å². The van der Waals surface area contributed by atoms with E-state index >= 15 is 0 Å². The summed E-state index contributed by atoms with van der Waals surface area (Å²) in [6, 6.07) is 7.41. The Morgan fingerprint density at radius 1 is 1.27 bits per heavy atom. The lowest BCUT2D eigenvalue weighted by Gasteiger charge is -2.15. The van der Waals surface area contributed by atoms with Gasteiger partial charge in [-0.25, -0.2) is 4.98 Å². The van der Waals surface area contributed by atoms with Gasteiger partial charge in [-0.1, -0.05) is 31.8 Å². The van der Waals surface area contributed by atoms with Gasteiger partial charge in [0, 0.05) is 20.9 Å². The van der Waals surface area contributed by atoms with Crippen molar-refractivity contribution in [1.29, 1.82) is 0 Å². The summed E-state index contributed by atoms with van der Waals surface area (Å²) < 4.78 is 7.81. The Labute approximate surface area is 132 Å². The number of aromatic nitrogens is 2. The van der Waals surface area contributed by atoms with Gasteiger partial charge in [0.2, 0.25) is 0 Å². The number of allylic oxidation sites excluding steroid dienone is 1. The summed E-state index contributed by atoms with van der Waals surface area (Å²) in [5, 5.41) is 0. The van der Waals surface area contributed by atoms with Crippen LogP contribution in [0.5, 0.6) is 0 Å². The highest BCUT2D eigenvalue weighted by atomic mass is 28.3. The Kier molecular flexibility index (Phi) is 4.27. The molecule has 0 aliphatic carbocycles. The molecular formula is C17H23N3OSi. The molecule has 116 valence electrons. The summed E-state index contributed by atoms with van der Waals surface area (Å²) >= 11 is 0. The first-order valence-corrected chi connectivity index (χ1v) is 11.5. The molecule has 1 atom stereocenters. The molecule has 0 amide bonds. The van der Waals surface area contributed by atoms with Gasteiger partial charge in [0.05, 0.1) is 23.9 Å². The van der Waals surface area contributed by atoms with Crippen LogP contribution in [0.4, 0.5) is 0 Å². The molecule has 0 saturated carbocycles. The largest absolute Gasteiger partial charge is 0.379 e. The van der Waals surface area contributed by atoms with Gasteiger partial charge in [0.25, 0.3) is 0 Å². The molecule has 1 aliphatic rings. The highest BCUT2D eigenvalue weighted by Gasteiger charge is 2.17. The van der Waals surface area contributed by atoms with Gasteiger partial charge >= 0.3 is 0 Å². The number of fused-ring (bicyclic) bond motifs is 1. The Hall–Kier alpha value is -1.72. The lowest BCUT2D eigenvalue weighted by molar-refractivity contribution is 0.143. The van der Waals surface area contributed by atoms with Crippen molar-refractivity contribution in [2.45, 2.75) is 31.7 Å². The molecule has 0 radical (unpaired) electrons. The molecule has 0 saturated heterocycles. The van der Waals surface area contributed by atoms with Gasteiger partial charge in [-0.3, -0.25) is 4.99 Å². The van der Waals surface area contributed by atoms with E-state index in [1.165, 1.54) is 6.04 Å².